The van der Waals surface area contributed by atoms with Gasteiger partial charge in [-0.15, -0.1) is 0 Å². The molecule has 1 saturated heterocycles. The van der Waals surface area contributed by atoms with E-state index in [-0.39, 0.29) is 36.4 Å². The average Bonchev–Trinajstić information content (AvgIpc) is 3.82. The number of rotatable bonds is 12. The lowest BCUT2D eigenvalue weighted by Gasteiger charge is -2.27. The summed E-state index contributed by atoms with van der Waals surface area (Å²) in [6.45, 7) is 14.2. The van der Waals surface area contributed by atoms with Crippen LogP contribution >= 0.6 is 0 Å². The minimum absolute atomic E-state index is 0.0332. The van der Waals surface area contributed by atoms with Gasteiger partial charge in [0.15, 0.2) is 24.5 Å². The molecule has 3 heterocycles. The van der Waals surface area contributed by atoms with Crippen LogP contribution in [0.4, 0.5) is 16.2 Å². The summed E-state index contributed by atoms with van der Waals surface area (Å²) in [7, 11) is -8.28. The molecule has 338 valence electrons. The van der Waals surface area contributed by atoms with E-state index in [0.29, 0.717) is 45.9 Å². The van der Waals surface area contributed by atoms with Gasteiger partial charge in [0.25, 0.3) is 20.2 Å². The van der Waals surface area contributed by atoms with Gasteiger partial charge in [-0.25, -0.2) is 9.37 Å². The molecule has 2 fully saturated rings. The highest BCUT2D eigenvalue weighted by atomic mass is 32.2. The molecular weight excluding hydrogens is 849 g/mol. The Morgan fingerprint density at radius 2 is 1.44 bits per heavy atom. The van der Waals surface area contributed by atoms with Gasteiger partial charge in [-0.2, -0.15) is 21.4 Å². The molecule has 1 atom stereocenters. The van der Waals surface area contributed by atoms with Crippen LogP contribution < -0.4 is 4.90 Å². The number of hydrogen-bond acceptors (Lipinski definition) is 7. The number of anilines is 1. The van der Waals surface area contributed by atoms with Crippen molar-refractivity contribution in [1.82, 2.24) is 4.90 Å². The summed E-state index contributed by atoms with van der Waals surface area (Å²) in [5.41, 5.74) is 8.05. The van der Waals surface area contributed by atoms with Crippen molar-refractivity contribution in [3.05, 3.63) is 119 Å². The molecule has 0 bridgehead atoms. The molecule has 4 aromatic rings. The summed E-state index contributed by atoms with van der Waals surface area (Å²) in [6, 6.07) is 25.1. The van der Waals surface area contributed by atoms with Crippen LogP contribution in [0.2, 0.25) is 0 Å². The highest BCUT2D eigenvalue weighted by Crippen LogP contribution is 2.51. The van der Waals surface area contributed by atoms with Gasteiger partial charge in [-0.05, 0) is 85.4 Å². The number of ether oxygens (including phenoxy) is 1. The number of amides is 1. The van der Waals surface area contributed by atoms with Crippen molar-refractivity contribution >= 4 is 70.7 Å². The van der Waals surface area contributed by atoms with Gasteiger partial charge in [-0.3, -0.25) is 14.0 Å². The zero-order valence-corrected chi connectivity index (χ0v) is 39.1. The van der Waals surface area contributed by atoms with Crippen LogP contribution in [-0.4, -0.2) is 115 Å². The Labute approximate surface area is 377 Å². The average molecular weight is 909 g/mol. The van der Waals surface area contributed by atoms with Crippen molar-refractivity contribution in [3.63, 3.8) is 0 Å². The molecule has 8 rings (SSSR count). The van der Waals surface area contributed by atoms with Gasteiger partial charge in [0.1, 0.15) is 6.54 Å². The first-order valence-electron chi connectivity index (χ1n) is 22.4. The molecule has 4 aromatic carbocycles. The van der Waals surface area contributed by atoms with E-state index in [2.05, 4.69) is 115 Å². The standard InChI is InChI=1S/C50H58N4O8S2/c1-6-62-48(55)52-31-29-51(30-32-52)47-37(21-25-43-49(2,3)45-39-15-9-7-13-35(39)19-23-41(45)53(43)27-11-33-63(56,57)58)17-18-38(47)22-26-44-50(4,5)46-40-16-10-8-14-36(40)20-24-42(46)54(44)28-12-34-64(59,60)61/h7-10,13-16,19-26,37H,6,11-12,17-18,27-34H2,1-5H3/p+2/b25-21+. The molecule has 1 aliphatic carbocycles. The number of fused-ring (bicyclic) bond motifs is 6. The third-order valence-corrected chi connectivity index (χ3v) is 15.2. The molecular formula is C50H60N4O8S2+2. The number of carbonyl (C=O) groups excluding carboxylic acids is 1. The fraction of sp³-hybridized carbons (Fsp3) is 0.420. The SMILES string of the molecule is CCOC(=O)N1CC[N+](=C2/C(=C/C=C3/N(CCCS(=O)(=O)O)c4ccc5ccccc5c4C3(C)C)CCC2/C=C/C2=[N+](CCCS(=O)(=O)O)c3ccc4ccccc4c3C2(C)C)CC1. The van der Waals surface area contributed by atoms with Crippen molar-refractivity contribution in [3.8, 4) is 0 Å². The van der Waals surface area contributed by atoms with E-state index in [1.807, 2.05) is 31.2 Å². The summed E-state index contributed by atoms with van der Waals surface area (Å²) in [5.74, 6) is -0.632. The molecule has 0 aromatic heterocycles. The van der Waals surface area contributed by atoms with Crippen LogP contribution in [0.25, 0.3) is 21.5 Å². The summed E-state index contributed by atoms with van der Waals surface area (Å²) < 4.78 is 76.7. The maximum absolute atomic E-state index is 12.8. The Balaban J connectivity index is 1.20. The van der Waals surface area contributed by atoms with Crippen LogP contribution in [0.3, 0.4) is 0 Å². The van der Waals surface area contributed by atoms with Crippen molar-refractivity contribution < 1.29 is 44.6 Å². The molecule has 1 unspecified atom stereocenters. The van der Waals surface area contributed by atoms with Crippen molar-refractivity contribution in [1.29, 1.82) is 0 Å². The number of hydrogen-bond donors (Lipinski definition) is 2. The van der Waals surface area contributed by atoms with E-state index < -0.39 is 31.1 Å². The lowest BCUT2D eigenvalue weighted by Crippen LogP contribution is -2.47. The van der Waals surface area contributed by atoms with Crippen LogP contribution in [0.1, 0.15) is 71.4 Å². The van der Waals surface area contributed by atoms with Gasteiger partial charge >= 0.3 is 6.09 Å². The minimum atomic E-state index is -4.14. The van der Waals surface area contributed by atoms with Crippen LogP contribution in [0, 0.1) is 5.92 Å². The van der Waals surface area contributed by atoms with E-state index in [9.17, 15) is 30.7 Å². The van der Waals surface area contributed by atoms with Gasteiger partial charge in [0.2, 0.25) is 5.69 Å². The van der Waals surface area contributed by atoms with E-state index in [4.69, 9.17) is 4.74 Å². The molecule has 12 nitrogen and oxygen atoms in total. The first-order chi connectivity index (χ1) is 30.4. The Morgan fingerprint density at radius 1 is 0.812 bits per heavy atom. The first-order valence-corrected chi connectivity index (χ1v) is 25.6. The third kappa shape index (κ3) is 8.94. The first kappa shape index (κ1) is 45.4. The van der Waals surface area contributed by atoms with Gasteiger partial charge < -0.3 is 9.64 Å². The monoisotopic (exact) mass is 908 g/mol. The normalized spacial score (nSPS) is 21.0. The highest BCUT2D eigenvalue weighted by molar-refractivity contribution is 7.86. The minimum Gasteiger partial charge on any atom is -0.450 e. The summed E-state index contributed by atoms with van der Waals surface area (Å²) in [4.78, 5) is 16.8. The Hall–Kier alpha value is -5.15. The zero-order chi connectivity index (χ0) is 45.6. The largest absolute Gasteiger partial charge is 0.450 e. The summed E-state index contributed by atoms with van der Waals surface area (Å²) in [5, 5.41) is 4.56. The van der Waals surface area contributed by atoms with Gasteiger partial charge in [-0.1, -0.05) is 80.6 Å². The van der Waals surface area contributed by atoms with E-state index in [1.165, 1.54) is 22.4 Å². The van der Waals surface area contributed by atoms with Crippen molar-refractivity contribution in [2.24, 2.45) is 5.92 Å². The second-order valence-corrected chi connectivity index (χ2v) is 21.5. The van der Waals surface area contributed by atoms with Crippen LogP contribution in [0.5, 0.6) is 0 Å². The maximum atomic E-state index is 12.8. The quantitative estimate of drug-likeness (QED) is 0.106. The van der Waals surface area contributed by atoms with Gasteiger partial charge in [0, 0.05) is 53.0 Å². The highest BCUT2D eigenvalue weighted by Gasteiger charge is 2.46. The molecule has 3 aliphatic heterocycles. The lowest BCUT2D eigenvalue weighted by atomic mass is 9.78. The number of carbonyl (C=O) groups is 1. The fourth-order valence-corrected chi connectivity index (χ4v) is 11.7. The van der Waals surface area contributed by atoms with Crippen molar-refractivity contribution in [2.75, 3.05) is 62.3 Å². The molecule has 0 spiro atoms. The number of nitrogens with zero attached hydrogens (tertiary/aromatic N) is 4. The predicted octanol–water partition coefficient (Wildman–Crippen LogP) is 8.42. The van der Waals surface area contributed by atoms with Crippen LogP contribution in [-0.2, 0) is 35.8 Å². The smallest absolute Gasteiger partial charge is 0.410 e. The predicted molar refractivity (Wildman–Crippen MR) is 255 cm³/mol. The number of piperazine rings is 1. The van der Waals surface area contributed by atoms with Gasteiger partial charge in [0.05, 0.1) is 42.5 Å². The van der Waals surface area contributed by atoms with Crippen molar-refractivity contribution in [2.45, 2.75) is 71.1 Å². The Morgan fingerprint density at radius 3 is 2.09 bits per heavy atom. The molecule has 4 aliphatic rings. The third-order valence-electron chi connectivity index (χ3n) is 13.6. The topological polar surface area (TPSA) is 148 Å². The van der Waals surface area contributed by atoms with E-state index >= 15 is 0 Å². The summed E-state index contributed by atoms with van der Waals surface area (Å²) in [6.07, 6.45) is 10.8. The molecule has 14 heteroatoms. The Bertz CT molecular complexity index is 2900. The lowest BCUT2D eigenvalue weighted by molar-refractivity contribution is -0.539. The van der Waals surface area contributed by atoms with E-state index in [0.717, 1.165) is 57.2 Å². The second kappa shape index (κ2) is 17.7. The number of allylic oxidation sites excluding steroid dienone is 6. The summed E-state index contributed by atoms with van der Waals surface area (Å²) >= 11 is 0. The molecule has 0 radical (unpaired) electrons. The Kier molecular flexibility index (Phi) is 12.5. The molecule has 2 N–H and O–H groups in total. The number of benzene rings is 4. The molecule has 1 amide bonds. The fourth-order valence-electron chi connectivity index (χ4n) is 10.7. The maximum Gasteiger partial charge on any atom is 0.410 e. The van der Waals surface area contributed by atoms with Crippen LogP contribution in [0.15, 0.2) is 108 Å². The van der Waals surface area contributed by atoms with E-state index in [1.54, 1.807) is 4.90 Å². The molecule has 1 saturated carbocycles. The zero-order valence-electron chi connectivity index (χ0n) is 37.5. The molecule has 64 heavy (non-hydrogen) atoms. The second-order valence-electron chi connectivity index (χ2n) is 18.4.